The number of fused-ring (bicyclic) bond motifs is 1. The number of ether oxygens (including phenoxy) is 1. The number of halogens is 1. The highest BCUT2D eigenvalue weighted by molar-refractivity contribution is 6.32. The fourth-order valence-corrected chi connectivity index (χ4v) is 1.95. The third-order valence-electron chi connectivity index (χ3n) is 2.73. The van der Waals surface area contributed by atoms with E-state index in [9.17, 15) is 0 Å². The molecule has 1 aromatic carbocycles. The van der Waals surface area contributed by atoms with Gasteiger partial charge in [0.1, 0.15) is 11.3 Å². The smallest absolute Gasteiger partial charge is 0.247 e. The summed E-state index contributed by atoms with van der Waals surface area (Å²) in [5.41, 5.74) is 2.32. The van der Waals surface area contributed by atoms with Crippen molar-refractivity contribution in [2.45, 2.75) is 13.5 Å². The largest absolute Gasteiger partial charge is 0.482 e. The molecule has 0 bridgehead atoms. The Kier molecular flexibility index (Phi) is 3.09. The molecule has 0 unspecified atom stereocenters. The molecule has 0 aliphatic rings. The standard InChI is InChI=1S/C14H11ClN2O2/c1-9-6-7-16-14-13(9)17-12(19-14)8-18-11-5-3-2-4-10(11)15/h2-7H,8H2,1H3. The second-order valence-electron chi connectivity index (χ2n) is 4.11. The number of oxazole rings is 1. The Morgan fingerprint density at radius 2 is 2.11 bits per heavy atom. The van der Waals surface area contributed by atoms with Crippen LogP contribution in [0.15, 0.2) is 40.9 Å². The van der Waals surface area contributed by atoms with E-state index in [1.165, 1.54) is 0 Å². The normalized spacial score (nSPS) is 10.8. The highest BCUT2D eigenvalue weighted by atomic mass is 35.5. The summed E-state index contributed by atoms with van der Waals surface area (Å²) >= 11 is 6.01. The molecular formula is C14H11ClN2O2. The quantitative estimate of drug-likeness (QED) is 0.729. The van der Waals surface area contributed by atoms with Crippen LogP contribution in [0.25, 0.3) is 11.2 Å². The van der Waals surface area contributed by atoms with Crippen molar-refractivity contribution in [3.63, 3.8) is 0 Å². The topological polar surface area (TPSA) is 48.2 Å². The summed E-state index contributed by atoms with van der Waals surface area (Å²) in [5, 5.41) is 0.563. The van der Waals surface area contributed by atoms with Crippen molar-refractivity contribution in [2.24, 2.45) is 0 Å². The Morgan fingerprint density at radius 1 is 1.26 bits per heavy atom. The lowest BCUT2D eigenvalue weighted by atomic mass is 10.3. The number of hydrogen-bond donors (Lipinski definition) is 0. The molecule has 2 aromatic heterocycles. The van der Waals surface area contributed by atoms with Gasteiger partial charge in [-0.05, 0) is 30.7 Å². The number of nitrogens with zero attached hydrogens (tertiary/aromatic N) is 2. The summed E-state index contributed by atoms with van der Waals surface area (Å²) in [6.45, 7) is 2.19. The average molecular weight is 275 g/mol. The Balaban J connectivity index is 1.83. The van der Waals surface area contributed by atoms with Gasteiger partial charge in [-0.3, -0.25) is 0 Å². The van der Waals surface area contributed by atoms with Gasteiger partial charge in [-0.25, -0.2) is 9.97 Å². The van der Waals surface area contributed by atoms with Gasteiger partial charge in [0.05, 0.1) is 5.02 Å². The lowest BCUT2D eigenvalue weighted by Crippen LogP contribution is -1.95. The molecule has 19 heavy (non-hydrogen) atoms. The Morgan fingerprint density at radius 3 is 2.89 bits per heavy atom. The van der Waals surface area contributed by atoms with E-state index in [2.05, 4.69) is 9.97 Å². The SMILES string of the molecule is Cc1ccnc2oc(COc3ccccc3Cl)nc12. The zero-order chi connectivity index (χ0) is 13.2. The maximum absolute atomic E-state index is 6.01. The molecule has 3 rings (SSSR count). The van der Waals surface area contributed by atoms with Crippen LogP contribution < -0.4 is 4.74 Å². The summed E-state index contributed by atoms with van der Waals surface area (Å²) in [5.74, 6) is 1.09. The van der Waals surface area contributed by atoms with Crippen molar-refractivity contribution in [1.29, 1.82) is 0 Å². The number of pyridine rings is 1. The fraction of sp³-hybridized carbons (Fsp3) is 0.143. The molecule has 2 heterocycles. The van der Waals surface area contributed by atoms with E-state index in [-0.39, 0.29) is 6.61 Å². The first-order valence-corrected chi connectivity index (χ1v) is 6.20. The molecule has 0 fully saturated rings. The predicted octanol–water partition coefficient (Wildman–Crippen LogP) is 3.76. The highest BCUT2D eigenvalue weighted by Crippen LogP contribution is 2.24. The Bertz CT molecular complexity index is 724. The number of para-hydroxylation sites is 1. The van der Waals surface area contributed by atoms with E-state index in [0.29, 0.717) is 22.4 Å². The van der Waals surface area contributed by atoms with Gasteiger partial charge in [0, 0.05) is 6.20 Å². The molecule has 0 amide bonds. The van der Waals surface area contributed by atoms with E-state index < -0.39 is 0 Å². The van der Waals surface area contributed by atoms with Crippen molar-refractivity contribution in [3.05, 3.63) is 53.0 Å². The zero-order valence-corrected chi connectivity index (χ0v) is 11.0. The average Bonchev–Trinajstić information content (AvgIpc) is 2.82. The van der Waals surface area contributed by atoms with Gasteiger partial charge in [-0.15, -0.1) is 0 Å². The summed E-state index contributed by atoms with van der Waals surface area (Å²) < 4.78 is 11.1. The number of aromatic nitrogens is 2. The number of rotatable bonds is 3. The first-order chi connectivity index (χ1) is 9.24. The molecule has 0 saturated carbocycles. The molecule has 0 N–H and O–H groups in total. The van der Waals surface area contributed by atoms with Gasteiger partial charge in [-0.1, -0.05) is 23.7 Å². The maximum atomic E-state index is 6.01. The molecule has 0 atom stereocenters. The number of aryl methyl sites for hydroxylation is 1. The van der Waals surface area contributed by atoms with Gasteiger partial charge < -0.3 is 9.15 Å². The maximum Gasteiger partial charge on any atom is 0.247 e. The Labute approximate surface area is 115 Å². The van der Waals surface area contributed by atoms with Gasteiger partial charge in [0.2, 0.25) is 11.6 Å². The van der Waals surface area contributed by atoms with Crippen LogP contribution in [0.1, 0.15) is 11.5 Å². The minimum atomic E-state index is 0.222. The zero-order valence-electron chi connectivity index (χ0n) is 10.3. The van der Waals surface area contributed by atoms with Crippen molar-refractivity contribution in [3.8, 4) is 5.75 Å². The molecule has 5 heteroatoms. The van der Waals surface area contributed by atoms with Crippen LogP contribution in [0.2, 0.25) is 5.02 Å². The minimum Gasteiger partial charge on any atom is -0.482 e. The lowest BCUT2D eigenvalue weighted by molar-refractivity contribution is 0.266. The van der Waals surface area contributed by atoms with Crippen LogP contribution >= 0.6 is 11.6 Å². The third-order valence-corrected chi connectivity index (χ3v) is 3.04. The van der Waals surface area contributed by atoms with E-state index in [1.807, 2.05) is 25.1 Å². The number of hydrogen-bond acceptors (Lipinski definition) is 4. The van der Waals surface area contributed by atoms with Crippen molar-refractivity contribution >= 4 is 22.8 Å². The summed E-state index contributed by atoms with van der Waals surface area (Å²) in [6.07, 6.45) is 1.70. The van der Waals surface area contributed by atoms with Crippen LogP contribution in [0.4, 0.5) is 0 Å². The third kappa shape index (κ3) is 2.39. The molecule has 0 aliphatic heterocycles. The molecule has 0 radical (unpaired) electrons. The van der Waals surface area contributed by atoms with Crippen LogP contribution in [-0.4, -0.2) is 9.97 Å². The molecule has 0 spiro atoms. The van der Waals surface area contributed by atoms with Gasteiger partial charge in [0.15, 0.2) is 6.61 Å². The van der Waals surface area contributed by atoms with E-state index in [0.717, 1.165) is 11.1 Å². The van der Waals surface area contributed by atoms with Crippen LogP contribution in [-0.2, 0) is 6.61 Å². The minimum absolute atomic E-state index is 0.222. The van der Waals surface area contributed by atoms with Gasteiger partial charge in [-0.2, -0.15) is 0 Å². The van der Waals surface area contributed by atoms with Crippen molar-refractivity contribution in [1.82, 2.24) is 9.97 Å². The molecule has 0 aliphatic carbocycles. The molecule has 96 valence electrons. The molecule has 0 saturated heterocycles. The second-order valence-corrected chi connectivity index (χ2v) is 4.52. The first kappa shape index (κ1) is 12.0. The summed E-state index contributed by atoms with van der Waals surface area (Å²) in [7, 11) is 0. The van der Waals surface area contributed by atoms with Gasteiger partial charge in [0.25, 0.3) is 0 Å². The summed E-state index contributed by atoms with van der Waals surface area (Å²) in [4.78, 5) is 8.48. The lowest BCUT2D eigenvalue weighted by Gasteiger charge is -2.04. The first-order valence-electron chi connectivity index (χ1n) is 5.82. The van der Waals surface area contributed by atoms with Crippen LogP contribution in [0.5, 0.6) is 5.75 Å². The van der Waals surface area contributed by atoms with E-state index in [1.54, 1.807) is 18.3 Å². The predicted molar refractivity (Wildman–Crippen MR) is 72.3 cm³/mol. The van der Waals surface area contributed by atoms with Crippen molar-refractivity contribution < 1.29 is 9.15 Å². The second kappa shape index (κ2) is 4.90. The van der Waals surface area contributed by atoms with E-state index in [4.69, 9.17) is 20.8 Å². The monoisotopic (exact) mass is 274 g/mol. The summed E-state index contributed by atoms with van der Waals surface area (Å²) in [6, 6.07) is 9.17. The number of benzene rings is 1. The Hall–Kier alpha value is -2.07. The van der Waals surface area contributed by atoms with Crippen LogP contribution in [0.3, 0.4) is 0 Å². The molecule has 4 nitrogen and oxygen atoms in total. The fourth-order valence-electron chi connectivity index (χ4n) is 1.76. The van der Waals surface area contributed by atoms with E-state index >= 15 is 0 Å². The van der Waals surface area contributed by atoms with Gasteiger partial charge >= 0.3 is 0 Å². The van der Waals surface area contributed by atoms with Crippen molar-refractivity contribution in [2.75, 3.05) is 0 Å². The van der Waals surface area contributed by atoms with Crippen LogP contribution in [0, 0.1) is 6.92 Å². The highest BCUT2D eigenvalue weighted by Gasteiger charge is 2.10. The molecule has 3 aromatic rings. The molecular weight excluding hydrogens is 264 g/mol.